The van der Waals surface area contributed by atoms with E-state index in [0.29, 0.717) is 5.92 Å². The zero-order valence-corrected chi connectivity index (χ0v) is 15.3. The molecule has 0 aromatic heterocycles. The summed E-state index contributed by atoms with van der Waals surface area (Å²) in [4.78, 5) is 0. The topological polar surface area (TPSA) is 21.3 Å². The van der Waals surface area contributed by atoms with Crippen molar-refractivity contribution in [1.29, 1.82) is 0 Å². The van der Waals surface area contributed by atoms with Gasteiger partial charge in [-0.25, -0.2) is 0 Å². The van der Waals surface area contributed by atoms with Crippen molar-refractivity contribution in [2.45, 2.75) is 47.0 Å². The van der Waals surface area contributed by atoms with Gasteiger partial charge in [-0.3, -0.25) is 0 Å². The summed E-state index contributed by atoms with van der Waals surface area (Å²) in [7, 11) is 1.81. The lowest BCUT2D eigenvalue weighted by Gasteiger charge is -2.33. The van der Waals surface area contributed by atoms with Crippen LogP contribution in [0.1, 0.15) is 49.9 Å². The minimum absolute atomic E-state index is 0.0263. The molecule has 2 rings (SSSR count). The molecule has 22 heavy (non-hydrogen) atoms. The van der Waals surface area contributed by atoms with Crippen molar-refractivity contribution in [2.24, 2.45) is 5.92 Å². The van der Waals surface area contributed by atoms with Crippen LogP contribution in [-0.2, 0) is 10.2 Å². The number of rotatable bonds is 6. The van der Waals surface area contributed by atoms with E-state index in [1.807, 2.05) is 7.11 Å². The van der Waals surface area contributed by atoms with E-state index in [2.05, 4.69) is 59.0 Å². The van der Waals surface area contributed by atoms with Gasteiger partial charge in [0, 0.05) is 13.7 Å². The summed E-state index contributed by atoms with van der Waals surface area (Å²) in [5, 5.41) is 3.66. The molecule has 1 aliphatic rings. The number of hydrogen-bond acceptors (Lipinski definition) is 2. The predicted octanol–water partition coefficient (Wildman–Crippen LogP) is 4.24. The normalized spacial score (nSPS) is 20.9. The number of aryl methyl sites for hydroxylation is 1. The number of ether oxygens (including phenoxy) is 1. The predicted molar refractivity (Wildman–Crippen MR) is 95.4 cm³/mol. The minimum Gasteiger partial charge on any atom is -0.383 e. The molecular formula is C20H31NO. The summed E-state index contributed by atoms with van der Waals surface area (Å²) in [5.41, 5.74) is 8.52. The maximum absolute atomic E-state index is 5.66. The van der Waals surface area contributed by atoms with Gasteiger partial charge in [-0.1, -0.05) is 31.6 Å². The number of hydrogen-bond donors (Lipinski definition) is 1. The third-order valence-corrected chi connectivity index (χ3v) is 5.28. The van der Waals surface area contributed by atoms with Gasteiger partial charge in [0.25, 0.3) is 0 Å². The molecule has 0 heterocycles. The maximum atomic E-state index is 5.66. The molecule has 1 atom stereocenters. The third kappa shape index (κ3) is 2.75. The fourth-order valence-corrected chi connectivity index (χ4v) is 3.73. The number of allylic oxidation sites excluding steroid dienone is 1. The lowest BCUT2D eigenvalue weighted by molar-refractivity contribution is 0.145. The molecule has 0 amide bonds. The number of methoxy groups -OCH3 is 1. The van der Waals surface area contributed by atoms with Gasteiger partial charge >= 0.3 is 0 Å². The van der Waals surface area contributed by atoms with Crippen LogP contribution in [0, 0.1) is 19.8 Å². The number of benzene rings is 1. The monoisotopic (exact) mass is 301 g/mol. The Balaban J connectivity index is 2.49. The first-order valence-electron chi connectivity index (χ1n) is 8.33. The van der Waals surface area contributed by atoms with E-state index in [9.17, 15) is 0 Å². The average Bonchev–Trinajstić information content (AvgIpc) is 2.66. The van der Waals surface area contributed by atoms with E-state index in [1.54, 1.807) is 0 Å². The molecule has 1 aliphatic carbocycles. The summed E-state index contributed by atoms with van der Waals surface area (Å²) in [6.45, 7) is 16.2. The highest BCUT2D eigenvalue weighted by Crippen LogP contribution is 2.47. The molecule has 1 aromatic carbocycles. The van der Waals surface area contributed by atoms with E-state index < -0.39 is 0 Å². The SMILES string of the molecule is COCC1(CNCC(C)C)C(C)=C(C)c2c1ccc(C)c2C. The summed E-state index contributed by atoms with van der Waals surface area (Å²) in [5.74, 6) is 0.658. The summed E-state index contributed by atoms with van der Waals surface area (Å²) in [6, 6.07) is 4.57. The quantitative estimate of drug-likeness (QED) is 0.848. The molecule has 0 saturated heterocycles. The first kappa shape index (κ1) is 17.2. The molecule has 2 heteroatoms. The van der Waals surface area contributed by atoms with E-state index in [0.717, 1.165) is 19.7 Å². The van der Waals surface area contributed by atoms with Gasteiger partial charge in [0.2, 0.25) is 0 Å². The van der Waals surface area contributed by atoms with Gasteiger partial charge in [-0.05, 0) is 68.0 Å². The van der Waals surface area contributed by atoms with E-state index in [-0.39, 0.29) is 5.41 Å². The standard InChI is InChI=1S/C20H31NO/c1-13(2)10-21-11-20(12-22-7)17(6)16(5)19-15(4)14(3)8-9-18(19)20/h8-9,13,21H,10-12H2,1-7H3. The molecule has 0 radical (unpaired) electrons. The van der Waals surface area contributed by atoms with Crippen LogP contribution in [0.2, 0.25) is 0 Å². The van der Waals surface area contributed by atoms with Crippen molar-refractivity contribution in [3.63, 3.8) is 0 Å². The smallest absolute Gasteiger partial charge is 0.0609 e. The van der Waals surface area contributed by atoms with Crippen LogP contribution in [0.4, 0.5) is 0 Å². The van der Waals surface area contributed by atoms with Gasteiger partial charge < -0.3 is 10.1 Å². The second-order valence-corrected chi connectivity index (χ2v) is 7.22. The van der Waals surface area contributed by atoms with Gasteiger partial charge in [0.1, 0.15) is 0 Å². The Morgan fingerprint density at radius 3 is 2.41 bits per heavy atom. The second-order valence-electron chi connectivity index (χ2n) is 7.22. The first-order chi connectivity index (χ1) is 10.3. The Labute approximate surface area is 136 Å². The number of fused-ring (bicyclic) bond motifs is 1. The Morgan fingerprint density at radius 1 is 1.14 bits per heavy atom. The molecule has 0 bridgehead atoms. The van der Waals surface area contributed by atoms with Crippen molar-refractivity contribution >= 4 is 5.57 Å². The van der Waals surface area contributed by atoms with E-state index in [4.69, 9.17) is 4.74 Å². The Bertz CT molecular complexity index is 586. The van der Waals surface area contributed by atoms with Crippen LogP contribution in [0.3, 0.4) is 0 Å². The van der Waals surface area contributed by atoms with Gasteiger partial charge in [-0.15, -0.1) is 0 Å². The second kappa shape index (κ2) is 6.55. The first-order valence-corrected chi connectivity index (χ1v) is 8.33. The van der Waals surface area contributed by atoms with Crippen LogP contribution in [0.15, 0.2) is 17.7 Å². The maximum Gasteiger partial charge on any atom is 0.0609 e. The van der Waals surface area contributed by atoms with Crippen LogP contribution < -0.4 is 5.32 Å². The number of nitrogens with one attached hydrogen (secondary N) is 1. The lowest BCUT2D eigenvalue weighted by atomic mass is 9.77. The fraction of sp³-hybridized carbons (Fsp3) is 0.600. The average molecular weight is 301 g/mol. The summed E-state index contributed by atoms with van der Waals surface area (Å²) < 4.78 is 5.66. The van der Waals surface area contributed by atoms with Crippen molar-refractivity contribution in [3.8, 4) is 0 Å². The minimum atomic E-state index is -0.0263. The third-order valence-electron chi connectivity index (χ3n) is 5.28. The molecule has 0 fully saturated rings. The molecule has 122 valence electrons. The van der Waals surface area contributed by atoms with E-state index >= 15 is 0 Å². The van der Waals surface area contributed by atoms with Crippen molar-refractivity contribution < 1.29 is 4.74 Å². The molecule has 0 saturated carbocycles. The molecule has 0 spiro atoms. The molecule has 0 aliphatic heterocycles. The molecule has 1 N–H and O–H groups in total. The summed E-state index contributed by atoms with van der Waals surface area (Å²) in [6.07, 6.45) is 0. The Morgan fingerprint density at radius 2 is 1.82 bits per heavy atom. The highest BCUT2D eigenvalue weighted by Gasteiger charge is 2.42. The van der Waals surface area contributed by atoms with Gasteiger partial charge in [0.05, 0.1) is 12.0 Å². The highest BCUT2D eigenvalue weighted by atomic mass is 16.5. The molecular weight excluding hydrogens is 270 g/mol. The molecule has 1 unspecified atom stereocenters. The van der Waals surface area contributed by atoms with Crippen LogP contribution >= 0.6 is 0 Å². The van der Waals surface area contributed by atoms with Crippen LogP contribution in [0.5, 0.6) is 0 Å². The van der Waals surface area contributed by atoms with Crippen LogP contribution in [-0.4, -0.2) is 26.8 Å². The largest absolute Gasteiger partial charge is 0.383 e. The Hall–Kier alpha value is -1.12. The van der Waals surface area contributed by atoms with Gasteiger partial charge in [-0.2, -0.15) is 0 Å². The van der Waals surface area contributed by atoms with Crippen molar-refractivity contribution in [2.75, 3.05) is 26.8 Å². The van der Waals surface area contributed by atoms with Crippen molar-refractivity contribution in [1.82, 2.24) is 5.32 Å². The van der Waals surface area contributed by atoms with Gasteiger partial charge in [0.15, 0.2) is 0 Å². The molecule has 1 aromatic rings. The summed E-state index contributed by atoms with van der Waals surface area (Å²) >= 11 is 0. The van der Waals surface area contributed by atoms with Crippen molar-refractivity contribution in [3.05, 3.63) is 40.0 Å². The van der Waals surface area contributed by atoms with E-state index in [1.165, 1.54) is 33.4 Å². The molecule has 2 nitrogen and oxygen atoms in total. The Kier molecular flexibility index (Phi) is 5.14. The fourth-order valence-electron chi connectivity index (χ4n) is 3.73. The zero-order valence-electron chi connectivity index (χ0n) is 15.3. The lowest BCUT2D eigenvalue weighted by Crippen LogP contribution is -2.42. The highest BCUT2D eigenvalue weighted by molar-refractivity contribution is 5.81. The zero-order chi connectivity index (χ0) is 16.5. The van der Waals surface area contributed by atoms with Crippen LogP contribution in [0.25, 0.3) is 5.57 Å².